The van der Waals surface area contributed by atoms with Gasteiger partial charge >= 0.3 is 0 Å². The molecule has 0 aliphatic heterocycles. The standard InChI is InChI=1S/C15H19N3O2/c1-10-4-5-14(20-3)13(8-10)11(2)17-15(19)9-12-6-7-16-18-12/h4-8,11H,9H2,1-3H3,(H,16,18)(H,17,19). The van der Waals surface area contributed by atoms with Gasteiger partial charge in [-0.05, 0) is 26.0 Å². The third-order valence-corrected chi connectivity index (χ3v) is 3.14. The number of aryl methyl sites for hydroxylation is 1. The Morgan fingerprint density at radius 3 is 2.90 bits per heavy atom. The minimum atomic E-state index is -0.111. The number of methoxy groups -OCH3 is 1. The van der Waals surface area contributed by atoms with Crippen LogP contribution < -0.4 is 10.1 Å². The highest BCUT2D eigenvalue weighted by Gasteiger charge is 2.14. The van der Waals surface area contributed by atoms with Crippen LogP contribution in [-0.4, -0.2) is 23.2 Å². The fourth-order valence-corrected chi connectivity index (χ4v) is 2.12. The Hall–Kier alpha value is -2.30. The van der Waals surface area contributed by atoms with Gasteiger partial charge < -0.3 is 10.1 Å². The number of benzene rings is 1. The molecule has 2 aromatic rings. The van der Waals surface area contributed by atoms with Gasteiger partial charge in [0.25, 0.3) is 0 Å². The lowest BCUT2D eigenvalue weighted by Gasteiger charge is -2.17. The highest BCUT2D eigenvalue weighted by Crippen LogP contribution is 2.26. The van der Waals surface area contributed by atoms with Crippen LogP contribution in [0.25, 0.3) is 0 Å². The Morgan fingerprint density at radius 1 is 1.45 bits per heavy atom. The molecule has 1 heterocycles. The van der Waals surface area contributed by atoms with E-state index in [0.29, 0.717) is 6.42 Å². The first-order valence-electron chi connectivity index (χ1n) is 6.52. The molecule has 1 unspecified atom stereocenters. The quantitative estimate of drug-likeness (QED) is 0.877. The van der Waals surface area contributed by atoms with Crippen LogP contribution in [0.1, 0.15) is 29.8 Å². The monoisotopic (exact) mass is 273 g/mol. The van der Waals surface area contributed by atoms with Crippen molar-refractivity contribution in [1.29, 1.82) is 0 Å². The predicted molar refractivity (Wildman–Crippen MR) is 76.6 cm³/mol. The number of amides is 1. The van der Waals surface area contributed by atoms with Crippen molar-refractivity contribution >= 4 is 5.91 Å². The van der Waals surface area contributed by atoms with Crippen molar-refractivity contribution in [3.05, 3.63) is 47.3 Å². The Bertz CT molecular complexity index is 579. The van der Waals surface area contributed by atoms with Crippen LogP contribution in [0.5, 0.6) is 5.75 Å². The summed E-state index contributed by atoms with van der Waals surface area (Å²) in [4.78, 5) is 12.0. The van der Waals surface area contributed by atoms with Crippen LogP contribution in [0, 0.1) is 6.92 Å². The lowest BCUT2D eigenvalue weighted by Crippen LogP contribution is -2.28. The maximum absolute atomic E-state index is 12.0. The van der Waals surface area contributed by atoms with Gasteiger partial charge in [-0.25, -0.2) is 0 Å². The summed E-state index contributed by atoms with van der Waals surface area (Å²) in [7, 11) is 1.63. The van der Waals surface area contributed by atoms with E-state index in [9.17, 15) is 4.79 Å². The Kier molecular flexibility index (Phi) is 4.40. The molecule has 0 radical (unpaired) electrons. The maximum atomic E-state index is 12.0. The number of aromatic amines is 1. The molecule has 1 aromatic carbocycles. The summed E-state index contributed by atoms with van der Waals surface area (Å²) in [5.74, 6) is 0.732. The number of carbonyl (C=O) groups is 1. The Labute approximate surface area is 118 Å². The lowest BCUT2D eigenvalue weighted by atomic mass is 10.0. The van der Waals surface area contributed by atoms with Crippen molar-refractivity contribution in [2.24, 2.45) is 0 Å². The molecule has 0 spiro atoms. The van der Waals surface area contributed by atoms with Crippen LogP contribution >= 0.6 is 0 Å². The van der Waals surface area contributed by atoms with E-state index in [0.717, 1.165) is 22.6 Å². The van der Waals surface area contributed by atoms with Gasteiger partial charge in [-0.15, -0.1) is 0 Å². The molecule has 2 rings (SSSR count). The molecule has 1 aromatic heterocycles. The summed E-state index contributed by atoms with van der Waals surface area (Å²) in [6.45, 7) is 3.96. The molecular weight excluding hydrogens is 254 g/mol. The summed E-state index contributed by atoms with van der Waals surface area (Å²) < 4.78 is 5.34. The molecule has 1 atom stereocenters. The maximum Gasteiger partial charge on any atom is 0.226 e. The van der Waals surface area contributed by atoms with Crippen molar-refractivity contribution < 1.29 is 9.53 Å². The zero-order valence-corrected chi connectivity index (χ0v) is 11.9. The number of H-pyrrole nitrogens is 1. The normalized spacial score (nSPS) is 11.9. The summed E-state index contributed by atoms with van der Waals surface area (Å²) >= 11 is 0. The van der Waals surface area contributed by atoms with Gasteiger partial charge in [0.2, 0.25) is 5.91 Å². The van der Waals surface area contributed by atoms with Crippen molar-refractivity contribution in [2.45, 2.75) is 26.3 Å². The van der Waals surface area contributed by atoms with E-state index in [4.69, 9.17) is 4.74 Å². The number of aromatic nitrogens is 2. The first-order chi connectivity index (χ1) is 9.60. The lowest BCUT2D eigenvalue weighted by molar-refractivity contribution is -0.121. The Morgan fingerprint density at radius 2 is 2.25 bits per heavy atom. The van der Waals surface area contributed by atoms with Gasteiger partial charge in [0.05, 0.1) is 19.6 Å². The highest BCUT2D eigenvalue weighted by atomic mass is 16.5. The molecule has 0 aliphatic rings. The summed E-state index contributed by atoms with van der Waals surface area (Å²) in [6.07, 6.45) is 1.92. The molecule has 0 saturated carbocycles. The predicted octanol–water partition coefficient (Wildman–Crippen LogP) is 2.15. The number of hydrogen-bond acceptors (Lipinski definition) is 3. The van der Waals surface area contributed by atoms with Crippen molar-refractivity contribution in [2.75, 3.05) is 7.11 Å². The van der Waals surface area contributed by atoms with Crippen molar-refractivity contribution in [3.63, 3.8) is 0 Å². The second-order valence-electron chi connectivity index (χ2n) is 4.79. The molecular formula is C15H19N3O2. The molecule has 0 bridgehead atoms. The van der Waals surface area contributed by atoms with Crippen LogP contribution in [0.3, 0.4) is 0 Å². The van der Waals surface area contributed by atoms with E-state index < -0.39 is 0 Å². The fourth-order valence-electron chi connectivity index (χ4n) is 2.12. The molecule has 2 N–H and O–H groups in total. The number of ether oxygens (including phenoxy) is 1. The molecule has 0 fully saturated rings. The molecule has 5 heteroatoms. The minimum absolute atomic E-state index is 0.0506. The third kappa shape index (κ3) is 3.38. The SMILES string of the molecule is COc1ccc(C)cc1C(C)NC(=O)Cc1ccn[nH]1. The van der Waals surface area contributed by atoms with E-state index in [2.05, 4.69) is 15.5 Å². The largest absolute Gasteiger partial charge is 0.496 e. The number of nitrogens with one attached hydrogen (secondary N) is 2. The van der Waals surface area contributed by atoms with Crippen LogP contribution in [0.2, 0.25) is 0 Å². The zero-order chi connectivity index (χ0) is 14.5. The molecule has 20 heavy (non-hydrogen) atoms. The average molecular weight is 273 g/mol. The second-order valence-corrected chi connectivity index (χ2v) is 4.79. The van der Waals surface area contributed by atoms with Crippen molar-refractivity contribution in [1.82, 2.24) is 15.5 Å². The first-order valence-corrected chi connectivity index (χ1v) is 6.52. The zero-order valence-electron chi connectivity index (χ0n) is 11.9. The minimum Gasteiger partial charge on any atom is -0.496 e. The number of nitrogens with zero attached hydrogens (tertiary/aromatic N) is 1. The van der Waals surface area contributed by atoms with Gasteiger partial charge in [0.1, 0.15) is 5.75 Å². The number of carbonyl (C=O) groups excluding carboxylic acids is 1. The third-order valence-electron chi connectivity index (χ3n) is 3.14. The topological polar surface area (TPSA) is 67.0 Å². The molecule has 5 nitrogen and oxygen atoms in total. The van der Waals surface area contributed by atoms with Crippen LogP contribution in [-0.2, 0) is 11.2 Å². The van der Waals surface area contributed by atoms with E-state index in [1.165, 1.54) is 0 Å². The smallest absolute Gasteiger partial charge is 0.226 e. The average Bonchev–Trinajstić information content (AvgIpc) is 2.91. The molecule has 0 saturated heterocycles. The Balaban J connectivity index is 2.06. The number of rotatable bonds is 5. The summed E-state index contributed by atoms with van der Waals surface area (Å²) in [5.41, 5.74) is 2.91. The number of hydrogen-bond donors (Lipinski definition) is 2. The van der Waals surface area contributed by atoms with E-state index >= 15 is 0 Å². The van der Waals surface area contributed by atoms with Gasteiger partial charge in [-0.1, -0.05) is 17.7 Å². The molecule has 106 valence electrons. The van der Waals surface area contributed by atoms with Crippen LogP contribution in [0.15, 0.2) is 30.5 Å². The van der Waals surface area contributed by atoms with Gasteiger partial charge in [0, 0.05) is 17.5 Å². The van der Waals surface area contributed by atoms with Gasteiger partial charge in [-0.3, -0.25) is 9.89 Å². The van der Waals surface area contributed by atoms with Gasteiger partial charge in [0.15, 0.2) is 0 Å². The van der Waals surface area contributed by atoms with E-state index in [-0.39, 0.29) is 11.9 Å². The van der Waals surface area contributed by atoms with E-state index in [1.54, 1.807) is 19.4 Å². The first kappa shape index (κ1) is 14.1. The van der Waals surface area contributed by atoms with Gasteiger partial charge in [-0.2, -0.15) is 5.10 Å². The molecule has 0 aliphatic carbocycles. The summed E-state index contributed by atoms with van der Waals surface area (Å²) in [5, 5.41) is 9.57. The highest BCUT2D eigenvalue weighted by molar-refractivity contribution is 5.78. The second kappa shape index (κ2) is 6.23. The molecule has 1 amide bonds. The van der Waals surface area contributed by atoms with E-state index in [1.807, 2.05) is 32.0 Å². The van der Waals surface area contributed by atoms with Crippen molar-refractivity contribution in [3.8, 4) is 5.75 Å². The fraction of sp³-hybridized carbons (Fsp3) is 0.333. The van der Waals surface area contributed by atoms with Crippen LogP contribution in [0.4, 0.5) is 0 Å². The summed E-state index contributed by atoms with van der Waals surface area (Å²) in [6, 6.07) is 7.61.